The average molecular weight is 534 g/mol. The first kappa shape index (κ1) is 27.8. The second-order valence-corrected chi connectivity index (χ2v) is 10.3. The van der Waals surface area contributed by atoms with Gasteiger partial charge in [-0.05, 0) is 61.1 Å². The SMILES string of the molecule is CC(C)C[C@H]1COc2ccc(Cl)cc2C(=O)NCCCCN(C(=O)Cc2cccc(Cl)c2)CC(=O)N1. The van der Waals surface area contributed by atoms with Crippen molar-refractivity contribution in [1.29, 1.82) is 0 Å². The van der Waals surface area contributed by atoms with Gasteiger partial charge in [0.05, 0.1) is 24.6 Å². The van der Waals surface area contributed by atoms with Gasteiger partial charge in [0.15, 0.2) is 0 Å². The van der Waals surface area contributed by atoms with Crippen molar-refractivity contribution in [3.05, 3.63) is 63.6 Å². The van der Waals surface area contributed by atoms with Gasteiger partial charge in [-0.15, -0.1) is 0 Å². The number of halogens is 2. The molecule has 9 heteroatoms. The lowest BCUT2D eigenvalue weighted by molar-refractivity contribution is -0.136. The topological polar surface area (TPSA) is 87.7 Å². The molecule has 7 nitrogen and oxygen atoms in total. The van der Waals surface area contributed by atoms with Crippen molar-refractivity contribution in [1.82, 2.24) is 15.5 Å². The highest BCUT2D eigenvalue weighted by molar-refractivity contribution is 6.31. The van der Waals surface area contributed by atoms with Gasteiger partial charge < -0.3 is 20.3 Å². The molecule has 3 rings (SSSR count). The fraction of sp³-hybridized carbons (Fsp3) is 0.444. The molecule has 1 atom stereocenters. The Kier molecular flexibility index (Phi) is 10.4. The van der Waals surface area contributed by atoms with E-state index in [4.69, 9.17) is 27.9 Å². The van der Waals surface area contributed by atoms with E-state index in [0.29, 0.717) is 59.6 Å². The van der Waals surface area contributed by atoms with E-state index >= 15 is 0 Å². The molecule has 0 unspecified atom stereocenters. The molecule has 2 N–H and O–H groups in total. The molecule has 36 heavy (non-hydrogen) atoms. The largest absolute Gasteiger partial charge is 0.491 e. The highest BCUT2D eigenvalue weighted by Crippen LogP contribution is 2.24. The van der Waals surface area contributed by atoms with Crippen LogP contribution in [0.2, 0.25) is 10.0 Å². The van der Waals surface area contributed by atoms with Gasteiger partial charge in [0.2, 0.25) is 11.8 Å². The normalized spacial score (nSPS) is 17.8. The first-order valence-electron chi connectivity index (χ1n) is 12.2. The number of fused-ring (bicyclic) bond motifs is 1. The van der Waals surface area contributed by atoms with E-state index in [9.17, 15) is 14.4 Å². The zero-order valence-corrected chi connectivity index (χ0v) is 22.2. The summed E-state index contributed by atoms with van der Waals surface area (Å²) in [5.74, 6) is 0.0342. The van der Waals surface area contributed by atoms with Crippen molar-refractivity contribution >= 4 is 40.9 Å². The second-order valence-electron chi connectivity index (χ2n) is 9.43. The zero-order valence-electron chi connectivity index (χ0n) is 20.7. The Morgan fingerprint density at radius 1 is 1.11 bits per heavy atom. The number of rotatable bonds is 4. The number of ether oxygens (including phenoxy) is 1. The molecule has 1 aliphatic heterocycles. The fourth-order valence-corrected chi connectivity index (χ4v) is 4.52. The lowest BCUT2D eigenvalue weighted by atomic mass is 10.0. The molecule has 0 saturated heterocycles. The van der Waals surface area contributed by atoms with Gasteiger partial charge in [0, 0.05) is 23.1 Å². The Balaban J connectivity index is 1.78. The molecule has 0 bridgehead atoms. The zero-order chi connectivity index (χ0) is 26.1. The Morgan fingerprint density at radius 3 is 2.64 bits per heavy atom. The van der Waals surface area contributed by atoms with Gasteiger partial charge in [0.25, 0.3) is 5.91 Å². The summed E-state index contributed by atoms with van der Waals surface area (Å²) >= 11 is 12.2. The van der Waals surface area contributed by atoms with Gasteiger partial charge in [-0.25, -0.2) is 0 Å². The summed E-state index contributed by atoms with van der Waals surface area (Å²) in [4.78, 5) is 40.5. The van der Waals surface area contributed by atoms with Crippen LogP contribution >= 0.6 is 23.2 Å². The van der Waals surface area contributed by atoms with E-state index in [1.807, 2.05) is 6.07 Å². The van der Waals surface area contributed by atoms with Crippen LogP contribution in [0.3, 0.4) is 0 Å². The van der Waals surface area contributed by atoms with E-state index < -0.39 is 0 Å². The van der Waals surface area contributed by atoms with Crippen LogP contribution in [0.4, 0.5) is 0 Å². The molecule has 0 radical (unpaired) electrons. The van der Waals surface area contributed by atoms with Crippen LogP contribution in [0, 0.1) is 5.92 Å². The highest BCUT2D eigenvalue weighted by atomic mass is 35.5. The van der Waals surface area contributed by atoms with Crippen molar-refractivity contribution in [2.75, 3.05) is 26.2 Å². The fourth-order valence-electron chi connectivity index (χ4n) is 4.13. The lowest BCUT2D eigenvalue weighted by Gasteiger charge is -2.25. The van der Waals surface area contributed by atoms with Crippen molar-refractivity contribution in [2.24, 2.45) is 5.92 Å². The smallest absolute Gasteiger partial charge is 0.255 e. The maximum absolute atomic E-state index is 13.1. The second kappa shape index (κ2) is 13.5. The van der Waals surface area contributed by atoms with Gasteiger partial charge in [-0.3, -0.25) is 14.4 Å². The summed E-state index contributed by atoms with van der Waals surface area (Å²) in [7, 11) is 0. The minimum atomic E-state index is -0.293. The van der Waals surface area contributed by atoms with Crippen molar-refractivity contribution in [3.63, 3.8) is 0 Å². The van der Waals surface area contributed by atoms with Crippen LogP contribution in [0.15, 0.2) is 42.5 Å². The molecule has 1 aliphatic rings. The summed E-state index contributed by atoms with van der Waals surface area (Å²) < 4.78 is 5.99. The summed E-state index contributed by atoms with van der Waals surface area (Å²) in [5, 5.41) is 6.92. The summed E-state index contributed by atoms with van der Waals surface area (Å²) in [5.41, 5.74) is 1.14. The third kappa shape index (κ3) is 8.71. The Bertz CT molecular complexity index is 1080. The molecule has 0 saturated carbocycles. The van der Waals surface area contributed by atoms with Crippen molar-refractivity contribution < 1.29 is 19.1 Å². The van der Waals surface area contributed by atoms with Crippen LogP contribution in [0.5, 0.6) is 5.75 Å². The molecule has 0 aromatic heterocycles. The third-order valence-electron chi connectivity index (χ3n) is 5.82. The van der Waals surface area contributed by atoms with E-state index in [0.717, 1.165) is 5.56 Å². The lowest BCUT2D eigenvalue weighted by Crippen LogP contribution is -2.47. The number of benzene rings is 2. The summed E-state index contributed by atoms with van der Waals surface area (Å²) in [6.45, 7) is 5.07. The van der Waals surface area contributed by atoms with Crippen LogP contribution in [0.1, 0.15) is 49.0 Å². The molecule has 2 aromatic carbocycles. The minimum absolute atomic E-state index is 0.0491. The molecule has 0 fully saturated rings. The molecule has 194 valence electrons. The Labute approximate surface area is 222 Å². The highest BCUT2D eigenvalue weighted by Gasteiger charge is 2.22. The first-order chi connectivity index (χ1) is 17.2. The van der Waals surface area contributed by atoms with Crippen LogP contribution in [-0.2, 0) is 16.0 Å². The standard InChI is InChI=1S/C27H33Cl2N3O4/c1-18(2)12-22-17-36-24-9-8-21(29)15-23(24)27(35)30-10-3-4-11-32(16-25(33)31-22)26(34)14-19-6-5-7-20(28)13-19/h5-9,13,15,18,22H,3-4,10-12,14,16-17H2,1-2H3,(H,30,35)(H,31,33)/t22-/m0/s1. The van der Waals surface area contributed by atoms with Gasteiger partial charge >= 0.3 is 0 Å². The Morgan fingerprint density at radius 2 is 1.89 bits per heavy atom. The van der Waals surface area contributed by atoms with Crippen LogP contribution < -0.4 is 15.4 Å². The minimum Gasteiger partial charge on any atom is -0.491 e. The number of hydrogen-bond acceptors (Lipinski definition) is 4. The van der Waals surface area contributed by atoms with E-state index in [1.54, 1.807) is 41.3 Å². The quantitative estimate of drug-likeness (QED) is 0.605. The molecule has 0 aliphatic carbocycles. The van der Waals surface area contributed by atoms with Crippen LogP contribution in [-0.4, -0.2) is 54.9 Å². The Hall–Kier alpha value is -2.77. The van der Waals surface area contributed by atoms with Gasteiger partial charge in [-0.1, -0.05) is 49.2 Å². The van der Waals surface area contributed by atoms with Gasteiger partial charge in [0.1, 0.15) is 12.4 Å². The number of nitrogens with one attached hydrogen (secondary N) is 2. The number of carbonyl (C=O) groups excluding carboxylic acids is 3. The monoisotopic (exact) mass is 533 g/mol. The van der Waals surface area contributed by atoms with Crippen molar-refractivity contribution in [3.8, 4) is 5.75 Å². The molecule has 2 aromatic rings. The molecule has 1 heterocycles. The summed E-state index contributed by atoms with van der Waals surface area (Å²) in [6.07, 6.45) is 2.10. The third-order valence-corrected chi connectivity index (χ3v) is 6.29. The maximum atomic E-state index is 13.1. The average Bonchev–Trinajstić information content (AvgIpc) is 2.81. The van der Waals surface area contributed by atoms with Gasteiger partial charge in [-0.2, -0.15) is 0 Å². The number of hydrogen-bond donors (Lipinski definition) is 2. The van der Waals surface area contributed by atoms with E-state index in [2.05, 4.69) is 24.5 Å². The molecular weight excluding hydrogens is 501 g/mol. The first-order valence-corrected chi connectivity index (χ1v) is 13.0. The number of amides is 3. The van der Waals surface area contributed by atoms with Crippen molar-refractivity contribution in [2.45, 2.75) is 45.6 Å². The predicted octanol–water partition coefficient (Wildman–Crippen LogP) is 4.50. The molecule has 0 spiro atoms. The molecular formula is C27H33Cl2N3O4. The maximum Gasteiger partial charge on any atom is 0.255 e. The van der Waals surface area contributed by atoms with E-state index in [1.165, 1.54) is 0 Å². The van der Waals surface area contributed by atoms with E-state index in [-0.39, 0.29) is 43.3 Å². The predicted molar refractivity (Wildman–Crippen MR) is 142 cm³/mol. The van der Waals surface area contributed by atoms with Crippen LogP contribution in [0.25, 0.3) is 0 Å². The molecule has 3 amide bonds. The number of nitrogens with zero attached hydrogens (tertiary/aromatic N) is 1. The summed E-state index contributed by atoms with van der Waals surface area (Å²) in [6, 6.07) is 11.8. The number of carbonyl (C=O) groups is 3.